The molecule has 3 heteroatoms. The van der Waals surface area contributed by atoms with Crippen molar-refractivity contribution in [1.82, 2.24) is 4.98 Å². The van der Waals surface area contributed by atoms with Crippen LogP contribution in [0.5, 0.6) is 5.88 Å². The summed E-state index contributed by atoms with van der Waals surface area (Å²) in [6.45, 7) is 0. The normalized spacial score (nSPS) is 11.8. The smallest absolute Gasteiger partial charge is 0.218 e. The van der Waals surface area contributed by atoms with Crippen molar-refractivity contribution in [2.24, 2.45) is 0 Å². The molecule has 1 N–H and O–H groups in total. The fourth-order valence-corrected chi connectivity index (χ4v) is 1.20. The van der Waals surface area contributed by atoms with E-state index < -0.39 is 6.10 Å². The number of nitrogens with zero attached hydrogens (tertiary/aromatic N) is 1. The standard InChI is InChI=1S/C11H13NO2/c1-3-4-7-10(13)9-6-5-8-12-11(9)14-2/h1,5-6,8,10,13H,4,7H2,2H3. The predicted molar refractivity (Wildman–Crippen MR) is 53.8 cm³/mol. The van der Waals surface area contributed by atoms with Gasteiger partial charge in [0, 0.05) is 18.2 Å². The Morgan fingerprint density at radius 1 is 1.71 bits per heavy atom. The maximum absolute atomic E-state index is 9.75. The van der Waals surface area contributed by atoms with Crippen LogP contribution in [0.3, 0.4) is 0 Å². The van der Waals surface area contributed by atoms with Crippen molar-refractivity contribution in [1.29, 1.82) is 0 Å². The minimum Gasteiger partial charge on any atom is -0.481 e. The van der Waals surface area contributed by atoms with Gasteiger partial charge < -0.3 is 9.84 Å². The lowest BCUT2D eigenvalue weighted by Crippen LogP contribution is -2.01. The molecule has 0 fully saturated rings. The summed E-state index contributed by atoms with van der Waals surface area (Å²) in [5.41, 5.74) is 0.685. The van der Waals surface area contributed by atoms with Crippen molar-refractivity contribution < 1.29 is 9.84 Å². The maximum atomic E-state index is 9.75. The van der Waals surface area contributed by atoms with Gasteiger partial charge in [-0.25, -0.2) is 4.98 Å². The SMILES string of the molecule is C#CCCC(O)c1cccnc1OC. The number of hydrogen-bond donors (Lipinski definition) is 1. The van der Waals surface area contributed by atoms with Gasteiger partial charge in [0.25, 0.3) is 0 Å². The number of rotatable bonds is 4. The second-order valence-electron chi connectivity index (χ2n) is 2.86. The van der Waals surface area contributed by atoms with Crippen molar-refractivity contribution in [3.05, 3.63) is 23.9 Å². The minimum absolute atomic E-state index is 0.456. The molecule has 74 valence electrons. The van der Waals surface area contributed by atoms with E-state index in [9.17, 15) is 5.11 Å². The molecule has 1 atom stereocenters. The van der Waals surface area contributed by atoms with Crippen LogP contribution in [0.4, 0.5) is 0 Å². The number of aliphatic hydroxyl groups excluding tert-OH is 1. The van der Waals surface area contributed by atoms with E-state index in [1.54, 1.807) is 18.3 Å². The third-order valence-electron chi connectivity index (χ3n) is 1.92. The minimum atomic E-state index is -0.602. The monoisotopic (exact) mass is 191 g/mol. The van der Waals surface area contributed by atoms with Crippen LogP contribution in [0.1, 0.15) is 24.5 Å². The first-order chi connectivity index (χ1) is 6.79. The van der Waals surface area contributed by atoms with Crippen LogP contribution in [-0.2, 0) is 0 Å². The van der Waals surface area contributed by atoms with Crippen LogP contribution in [0.25, 0.3) is 0 Å². The zero-order valence-electron chi connectivity index (χ0n) is 8.10. The molecule has 1 unspecified atom stereocenters. The molecule has 0 spiro atoms. The molecule has 3 nitrogen and oxygen atoms in total. The van der Waals surface area contributed by atoms with Gasteiger partial charge >= 0.3 is 0 Å². The molecule has 1 aromatic heterocycles. The average Bonchev–Trinajstić information content (AvgIpc) is 2.25. The third-order valence-corrected chi connectivity index (χ3v) is 1.92. The van der Waals surface area contributed by atoms with E-state index in [-0.39, 0.29) is 0 Å². The molecule has 1 aromatic rings. The van der Waals surface area contributed by atoms with Crippen molar-refractivity contribution >= 4 is 0 Å². The molecule has 0 aliphatic carbocycles. The van der Waals surface area contributed by atoms with Crippen molar-refractivity contribution in [3.8, 4) is 18.2 Å². The molecule has 0 amide bonds. The predicted octanol–water partition coefficient (Wildman–Crippen LogP) is 1.54. The molecule has 1 heterocycles. The first kappa shape index (κ1) is 10.6. The van der Waals surface area contributed by atoms with Crippen LogP contribution < -0.4 is 4.74 Å². The van der Waals surface area contributed by atoms with Gasteiger partial charge in [0.1, 0.15) is 0 Å². The van der Waals surface area contributed by atoms with Crippen molar-refractivity contribution in [2.45, 2.75) is 18.9 Å². The highest BCUT2D eigenvalue weighted by atomic mass is 16.5. The Hall–Kier alpha value is -1.53. The number of methoxy groups -OCH3 is 1. The molecule has 0 saturated carbocycles. The zero-order chi connectivity index (χ0) is 10.4. The van der Waals surface area contributed by atoms with Crippen LogP contribution in [0, 0.1) is 12.3 Å². The Morgan fingerprint density at radius 3 is 3.14 bits per heavy atom. The Bertz CT molecular complexity index is 330. The summed E-state index contributed by atoms with van der Waals surface area (Å²) in [6.07, 6.45) is 7.20. The first-order valence-corrected chi connectivity index (χ1v) is 4.40. The van der Waals surface area contributed by atoms with Gasteiger partial charge in [-0.15, -0.1) is 12.3 Å². The Labute approximate surface area is 83.7 Å². The van der Waals surface area contributed by atoms with Crippen LogP contribution in [0.15, 0.2) is 18.3 Å². The fraction of sp³-hybridized carbons (Fsp3) is 0.364. The molecule has 1 rings (SSSR count). The van der Waals surface area contributed by atoms with Gasteiger partial charge in [0.15, 0.2) is 0 Å². The quantitative estimate of drug-likeness (QED) is 0.734. The molecular formula is C11H13NO2. The van der Waals surface area contributed by atoms with E-state index >= 15 is 0 Å². The van der Waals surface area contributed by atoms with Crippen molar-refractivity contribution in [2.75, 3.05) is 7.11 Å². The van der Waals surface area contributed by atoms with E-state index in [1.165, 1.54) is 7.11 Å². The van der Waals surface area contributed by atoms with E-state index in [1.807, 2.05) is 0 Å². The topological polar surface area (TPSA) is 42.4 Å². The van der Waals surface area contributed by atoms with Gasteiger partial charge in [0.2, 0.25) is 5.88 Å². The second-order valence-corrected chi connectivity index (χ2v) is 2.86. The first-order valence-electron chi connectivity index (χ1n) is 4.40. The summed E-state index contributed by atoms with van der Waals surface area (Å²) in [4.78, 5) is 3.99. The van der Waals surface area contributed by atoms with E-state index in [2.05, 4.69) is 10.9 Å². The Kier molecular flexibility index (Phi) is 3.96. The summed E-state index contributed by atoms with van der Waals surface area (Å²) in [6, 6.07) is 3.55. The van der Waals surface area contributed by atoms with Crippen LogP contribution in [-0.4, -0.2) is 17.2 Å². The molecule has 0 bridgehead atoms. The van der Waals surface area contributed by atoms with E-state index in [0.717, 1.165) is 0 Å². The molecule has 0 aliphatic heterocycles. The maximum Gasteiger partial charge on any atom is 0.218 e. The number of hydrogen-bond acceptors (Lipinski definition) is 3. The third kappa shape index (κ3) is 2.48. The summed E-state index contributed by atoms with van der Waals surface area (Å²) >= 11 is 0. The number of aliphatic hydroxyl groups is 1. The molecule has 0 aliphatic rings. The fourth-order valence-electron chi connectivity index (χ4n) is 1.20. The molecule has 0 radical (unpaired) electrons. The highest BCUT2D eigenvalue weighted by Crippen LogP contribution is 2.25. The van der Waals surface area contributed by atoms with Crippen LogP contribution in [0.2, 0.25) is 0 Å². The van der Waals surface area contributed by atoms with Gasteiger partial charge in [-0.2, -0.15) is 0 Å². The Balaban J connectivity index is 2.78. The average molecular weight is 191 g/mol. The summed E-state index contributed by atoms with van der Waals surface area (Å²) in [5.74, 6) is 2.94. The zero-order valence-corrected chi connectivity index (χ0v) is 8.10. The molecular weight excluding hydrogens is 178 g/mol. The van der Waals surface area contributed by atoms with Gasteiger partial charge in [0.05, 0.1) is 13.2 Å². The highest BCUT2D eigenvalue weighted by Gasteiger charge is 2.12. The second kappa shape index (κ2) is 5.25. The molecule has 0 aromatic carbocycles. The van der Waals surface area contributed by atoms with E-state index in [4.69, 9.17) is 11.2 Å². The highest BCUT2D eigenvalue weighted by molar-refractivity contribution is 5.27. The van der Waals surface area contributed by atoms with Crippen molar-refractivity contribution in [3.63, 3.8) is 0 Å². The van der Waals surface area contributed by atoms with Gasteiger partial charge in [-0.1, -0.05) is 0 Å². The lowest BCUT2D eigenvalue weighted by molar-refractivity contribution is 0.164. The number of aromatic nitrogens is 1. The lowest BCUT2D eigenvalue weighted by atomic mass is 10.1. The Morgan fingerprint density at radius 2 is 2.50 bits per heavy atom. The summed E-state index contributed by atoms with van der Waals surface area (Å²) < 4.78 is 5.02. The summed E-state index contributed by atoms with van der Waals surface area (Å²) in [5, 5.41) is 9.75. The lowest BCUT2D eigenvalue weighted by Gasteiger charge is -2.11. The van der Waals surface area contributed by atoms with Crippen LogP contribution >= 0.6 is 0 Å². The number of terminal acetylenes is 1. The van der Waals surface area contributed by atoms with Gasteiger partial charge in [-0.3, -0.25) is 0 Å². The van der Waals surface area contributed by atoms with E-state index in [0.29, 0.717) is 24.3 Å². The van der Waals surface area contributed by atoms with Gasteiger partial charge in [-0.05, 0) is 18.6 Å². The molecule has 0 saturated heterocycles. The number of ether oxygens (including phenoxy) is 1. The number of pyridine rings is 1. The largest absolute Gasteiger partial charge is 0.481 e. The summed E-state index contributed by atoms with van der Waals surface area (Å²) in [7, 11) is 1.53. The molecule has 14 heavy (non-hydrogen) atoms.